The summed E-state index contributed by atoms with van der Waals surface area (Å²) in [5, 5.41) is 9.93. The minimum absolute atomic E-state index is 0.198. The molecule has 4 aromatic heterocycles. The largest absolute Gasteiger partial charge is 0.493 e. The number of unbranched alkanes of at least 4 members (excludes halogenated alkanes) is 32. The van der Waals surface area contributed by atoms with E-state index in [1.54, 1.807) is 12.1 Å². The lowest BCUT2D eigenvalue weighted by atomic mass is 10.00. The van der Waals surface area contributed by atoms with E-state index in [4.69, 9.17) is 56.6 Å². The van der Waals surface area contributed by atoms with E-state index in [1.165, 1.54) is 89.9 Å². The number of nitrogens with zero attached hydrogens (tertiary/aromatic N) is 5. The molecule has 0 spiro atoms. The number of hydrogen-bond donors (Lipinski definition) is 3. The Bertz CT molecular complexity index is 6080. The van der Waals surface area contributed by atoms with Gasteiger partial charge < -0.3 is 57.9 Å². The minimum Gasteiger partial charge on any atom is -0.493 e. The van der Waals surface area contributed by atoms with E-state index in [9.17, 15) is 9.90 Å². The third-order valence-corrected chi connectivity index (χ3v) is 28.0. The van der Waals surface area contributed by atoms with E-state index >= 15 is 0 Å². The van der Waals surface area contributed by atoms with Crippen molar-refractivity contribution in [3.8, 4) is 113 Å². The molecule has 2 aliphatic heterocycles. The van der Waals surface area contributed by atoms with Gasteiger partial charge in [-0.2, -0.15) is 8.75 Å². The molecule has 0 unspecified atom stereocenters. The zero-order valence-electron chi connectivity index (χ0n) is 87.8. The molecule has 0 atom stereocenters. The summed E-state index contributed by atoms with van der Waals surface area (Å²) in [4.78, 5) is 34.9. The van der Waals surface area contributed by atoms with Crippen molar-refractivity contribution in [2.24, 2.45) is 0 Å². The Labute approximate surface area is 867 Å². The standard InChI is InChI=1S/C127H157N7O10S/c1-9-17-25-33-37-45-85-139-114-51-49-52-115(140-86-46-38-34-26-18-10-2)122(114)120-108-77-75-106(128-108)105(72-64-96-63-71-104(125-124(96)132-145-133-125)95-55-57-97(58-56-95)127(135)136)107-76-78-109(129-107)121(123-116(141-87-47-39-35-27-19-11-3)53-50-54-117(123)142-88-48-40-36-28-20-12-4)111-80-82-113(131-111)126(112-81-79-110(120)130-112)134(98-65-59-93(60-66-98)102-73-69-100(137-83-41-29-21-13-5)91-118(102)143-89-43-31-23-15-7)99-67-61-94(62-68-99)103-74-70-101(138-84-42-30-22-14-6)92-119(103)144-90-44-32-24-16-8/h49-63,65-71,73-82,91-92,128,131H,9-48,83-90H2,1-8H3,(H,135,136). The summed E-state index contributed by atoms with van der Waals surface area (Å²) in [6, 6.07) is 62.7. The summed E-state index contributed by atoms with van der Waals surface area (Å²) in [7, 11) is 0. The zero-order chi connectivity index (χ0) is 101. The van der Waals surface area contributed by atoms with E-state index in [0.29, 0.717) is 126 Å². The van der Waals surface area contributed by atoms with Crippen LogP contribution in [0.1, 0.15) is 356 Å². The molecule has 17 nitrogen and oxygen atoms in total. The molecule has 145 heavy (non-hydrogen) atoms. The van der Waals surface area contributed by atoms with E-state index in [1.807, 2.05) is 24.3 Å². The second-order valence-corrected chi connectivity index (χ2v) is 39.4. The highest BCUT2D eigenvalue weighted by Crippen LogP contribution is 2.50. The molecule has 0 saturated heterocycles. The number of carboxylic acid groups (broad SMARTS) is 1. The molecule has 766 valence electrons. The molecule has 0 amide bonds. The van der Waals surface area contributed by atoms with Crippen LogP contribution in [0.4, 0.5) is 17.1 Å². The van der Waals surface area contributed by atoms with Crippen LogP contribution in [0.2, 0.25) is 0 Å². The smallest absolute Gasteiger partial charge is 0.335 e. The second kappa shape index (κ2) is 59.1. The van der Waals surface area contributed by atoms with Crippen LogP contribution in [0.5, 0.6) is 46.0 Å². The Balaban J connectivity index is 1.07. The van der Waals surface area contributed by atoms with Crippen molar-refractivity contribution < 1.29 is 47.8 Å². The van der Waals surface area contributed by atoms with Gasteiger partial charge >= 0.3 is 5.97 Å². The molecule has 8 aromatic carbocycles. The Morgan fingerprint density at radius 3 is 1.04 bits per heavy atom. The molecule has 3 N–H and O–H groups in total. The maximum atomic E-state index is 12.1. The summed E-state index contributed by atoms with van der Waals surface area (Å²) >= 11 is 1.12. The first-order chi connectivity index (χ1) is 71.5. The highest BCUT2D eigenvalue weighted by molar-refractivity contribution is 7.00. The number of nitrogens with one attached hydrogen (secondary N) is 2. The minimum atomic E-state index is -0.994. The van der Waals surface area contributed by atoms with Gasteiger partial charge in [-0.15, -0.1) is 0 Å². The van der Waals surface area contributed by atoms with Crippen molar-refractivity contribution >= 4 is 92.2 Å². The van der Waals surface area contributed by atoms with Crippen LogP contribution in [0.25, 0.3) is 113 Å². The van der Waals surface area contributed by atoms with Gasteiger partial charge in [0, 0.05) is 62.4 Å². The normalized spacial score (nSPS) is 11.6. The summed E-state index contributed by atoms with van der Waals surface area (Å²) < 4.78 is 65.6. The van der Waals surface area contributed by atoms with Crippen LogP contribution in [-0.4, -0.2) is 92.6 Å². The molecule has 0 fully saturated rings. The van der Waals surface area contributed by atoms with Crippen LogP contribution >= 0.6 is 11.7 Å². The Kier molecular flexibility index (Phi) is 44.1. The average Bonchev–Trinajstić information content (AvgIpc) is 1.27. The number of carbonyl (C=O) groups is 1. The SMILES string of the molecule is CCCCCCCCOc1cccc(OCCCCCCCC)c1-c1c2nc(c(N(c3ccc(-c4ccc(OCCCCCC)cc4OCCCCCC)cc3)c3ccc(-c4ccc(OCCCCCC)cc4OCCCCCC)cc3)c3ccc([nH]3)c(-c3c(OCCCCCCCC)cccc3OCCCCCCCC)c3nc(c(C#Cc4ccc(-c5ccc(C(=O)O)cc5)c5nsnc45)c4ccc1[nH]4)C=C3)C=C2. The van der Waals surface area contributed by atoms with Crippen molar-refractivity contribution in [1.82, 2.24) is 28.7 Å². The third-order valence-electron chi connectivity index (χ3n) is 27.5. The third kappa shape index (κ3) is 30.8. The number of aromatic nitrogens is 6. The highest BCUT2D eigenvalue weighted by atomic mass is 32.1. The number of carboxylic acids is 1. The Hall–Kier alpha value is -12.6. The topological polar surface area (TPSA) is 198 Å². The molecule has 2 aliphatic rings. The predicted molar refractivity (Wildman–Crippen MR) is 605 cm³/mol. The maximum Gasteiger partial charge on any atom is 0.335 e. The maximum absolute atomic E-state index is 12.1. The number of aromatic carboxylic acids is 1. The van der Waals surface area contributed by atoms with Crippen molar-refractivity contribution in [3.63, 3.8) is 0 Å². The van der Waals surface area contributed by atoms with Gasteiger partial charge in [-0.3, -0.25) is 0 Å². The highest BCUT2D eigenvalue weighted by Gasteiger charge is 2.29. The molecule has 0 saturated carbocycles. The molecule has 6 heterocycles. The molecule has 8 bridgehead atoms. The lowest BCUT2D eigenvalue weighted by molar-refractivity contribution is 0.0696. The number of H-pyrrole nitrogens is 2. The lowest BCUT2D eigenvalue weighted by Gasteiger charge is -2.27. The van der Waals surface area contributed by atoms with Gasteiger partial charge in [-0.25, -0.2) is 14.8 Å². The van der Waals surface area contributed by atoms with Gasteiger partial charge in [0.25, 0.3) is 0 Å². The van der Waals surface area contributed by atoms with E-state index < -0.39 is 5.97 Å². The van der Waals surface area contributed by atoms with E-state index in [0.717, 1.165) is 291 Å². The summed E-state index contributed by atoms with van der Waals surface area (Å²) in [6.07, 6.45) is 52.6. The van der Waals surface area contributed by atoms with Crippen LogP contribution < -0.4 is 42.8 Å². The van der Waals surface area contributed by atoms with E-state index in [-0.39, 0.29) is 5.56 Å². The second-order valence-electron chi connectivity index (χ2n) is 38.8. The van der Waals surface area contributed by atoms with Gasteiger partial charge in [-0.1, -0.05) is 327 Å². The molecular formula is C127H157N7O10S. The summed E-state index contributed by atoms with van der Waals surface area (Å²) in [6.45, 7) is 22.5. The number of ether oxygens (including phenoxy) is 8. The quantitative estimate of drug-likeness (QED) is 0.0240. The molecular weight excluding hydrogens is 1820 g/mol. The monoisotopic (exact) mass is 1970 g/mol. The number of rotatable bonds is 65. The molecule has 12 aromatic rings. The van der Waals surface area contributed by atoms with Gasteiger partial charge in [-0.05, 0) is 208 Å². The van der Waals surface area contributed by atoms with Crippen molar-refractivity contribution in [2.45, 2.75) is 312 Å². The molecule has 14 rings (SSSR count). The van der Waals surface area contributed by atoms with Crippen molar-refractivity contribution in [2.75, 3.05) is 57.8 Å². The number of hydrogen-bond acceptors (Lipinski definition) is 15. The molecule has 18 heteroatoms. The van der Waals surface area contributed by atoms with Crippen LogP contribution in [-0.2, 0) is 0 Å². The van der Waals surface area contributed by atoms with Crippen molar-refractivity contribution in [1.29, 1.82) is 0 Å². The van der Waals surface area contributed by atoms with Gasteiger partial charge in [0.15, 0.2) is 0 Å². The van der Waals surface area contributed by atoms with Gasteiger partial charge in [0.2, 0.25) is 0 Å². The first-order valence-corrected chi connectivity index (χ1v) is 56.1. The fraction of sp³-hybridized carbons (Fsp3) is 0.441. The Morgan fingerprint density at radius 2 is 0.628 bits per heavy atom. The number of fused-ring (bicyclic) bond motifs is 9. The predicted octanol–water partition coefficient (Wildman–Crippen LogP) is 36.4. The summed E-state index contributed by atoms with van der Waals surface area (Å²) in [5.41, 5.74) is 19.5. The van der Waals surface area contributed by atoms with Crippen LogP contribution in [0.3, 0.4) is 0 Å². The molecule has 0 radical (unpaired) electrons. The fourth-order valence-corrected chi connectivity index (χ4v) is 19.8. The summed E-state index contributed by atoms with van der Waals surface area (Å²) in [5.74, 6) is 12.4. The van der Waals surface area contributed by atoms with E-state index in [2.05, 4.69) is 252 Å². The Morgan fingerprint density at radius 1 is 0.303 bits per heavy atom. The first-order valence-electron chi connectivity index (χ1n) is 55.4. The number of benzene rings is 8. The zero-order valence-corrected chi connectivity index (χ0v) is 88.7. The first kappa shape index (κ1) is 108. The fourth-order valence-electron chi connectivity index (χ4n) is 19.2. The van der Waals surface area contributed by atoms with Crippen molar-refractivity contribution in [3.05, 3.63) is 221 Å². The number of aromatic amines is 2. The van der Waals surface area contributed by atoms with Crippen LogP contribution in [0, 0.1) is 11.8 Å². The number of anilines is 3. The van der Waals surface area contributed by atoms with Gasteiger partial charge in [0.05, 0.1) is 132 Å². The lowest BCUT2D eigenvalue weighted by Crippen LogP contribution is -2.12. The van der Waals surface area contributed by atoms with Crippen LogP contribution in [0.15, 0.2) is 182 Å². The molecule has 0 aliphatic carbocycles. The van der Waals surface area contributed by atoms with Gasteiger partial charge in [0.1, 0.15) is 57.0 Å². The average molecular weight is 1970 g/mol.